The molecule has 0 bridgehead atoms. The van der Waals surface area contributed by atoms with Gasteiger partial charge in [0.15, 0.2) is 0 Å². The summed E-state index contributed by atoms with van der Waals surface area (Å²) >= 11 is 0. The van der Waals surface area contributed by atoms with Gasteiger partial charge in [0.1, 0.15) is 24.7 Å². The normalized spacial score (nSPS) is 9.50. The molecule has 0 unspecified atom stereocenters. The van der Waals surface area contributed by atoms with Gasteiger partial charge in [-0.3, -0.25) is 0 Å². The monoisotopic (exact) mass is 238 g/mol. The van der Waals surface area contributed by atoms with Crippen molar-refractivity contribution in [3.63, 3.8) is 0 Å². The Morgan fingerprint density at radius 2 is 1.44 bits per heavy atom. The van der Waals surface area contributed by atoms with Crippen LogP contribution in [0.15, 0.2) is 48.5 Å². The quantitative estimate of drug-likeness (QED) is 0.752. The summed E-state index contributed by atoms with van der Waals surface area (Å²) in [6.45, 7) is 0.939. The fourth-order valence-electron chi connectivity index (χ4n) is 1.41. The fraction of sp³-hybridized carbons (Fsp3) is 0.133. The predicted molar refractivity (Wildman–Crippen MR) is 67.4 cm³/mol. The summed E-state index contributed by atoms with van der Waals surface area (Å²) in [5.74, 6) is 1.54. The Hall–Kier alpha value is -2.47. The van der Waals surface area contributed by atoms with Gasteiger partial charge in [-0.25, -0.2) is 0 Å². The number of nitrogens with zero attached hydrogens (tertiary/aromatic N) is 1. The predicted octanol–water partition coefficient (Wildman–Crippen LogP) is 2.82. The van der Waals surface area contributed by atoms with Gasteiger partial charge < -0.3 is 9.47 Å². The summed E-state index contributed by atoms with van der Waals surface area (Å²) < 4.78 is 11.0. The number of hydrogen-bond acceptors (Lipinski definition) is 3. The van der Waals surface area contributed by atoms with E-state index in [4.69, 9.17) is 14.7 Å². The zero-order valence-electron chi connectivity index (χ0n) is 9.80. The summed E-state index contributed by atoms with van der Waals surface area (Å²) in [5, 5.41) is 8.66. The molecule has 3 heteroatoms. The van der Waals surface area contributed by atoms with E-state index in [0.717, 1.165) is 11.5 Å². The van der Waals surface area contributed by atoms with E-state index < -0.39 is 0 Å². The van der Waals surface area contributed by atoms with Crippen molar-refractivity contribution in [3.05, 3.63) is 60.2 Å². The molecule has 0 fully saturated rings. The average Bonchev–Trinajstić information content (AvgIpc) is 2.45. The number of rotatable bonds is 5. The summed E-state index contributed by atoms with van der Waals surface area (Å²) in [7, 11) is 0. The SMILES string of the molecule is N#Cc1ccc(OCCOc2cc[c]cc2)cc1. The van der Waals surface area contributed by atoms with E-state index in [1.54, 1.807) is 36.4 Å². The molecular formula is C15H12NO2. The fourth-order valence-corrected chi connectivity index (χ4v) is 1.41. The van der Waals surface area contributed by atoms with Crippen molar-refractivity contribution < 1.29 is 9.47 Å². The van der Waals surface area contributed by atoms with Crippen LogP contribution in [0.2, 0.25) is 0 Å². The lowest BCUT2D eigenvalue weighted by Crippen LogP contribution is -2.08. The van der Waals surface area contributed by atoms with E-state index in [1.165, 1.54) is 0 Å². The molecule has 0 amide bonds. The van der Waals surface area contributed by atoms with Crippen LogP contribution in [0.5, 0.6) is 11.5 Å². The van der Waals surface area contributed by atoms with Crippen molar-refractivity contribution in [2.75, 3.05) is 13.2 Å². The van der Waals surface area contributed by atoms with Crippen molar-refractivity contribution in [1.82, 2.24) is 0 Å². The van der Waals surface area contributed by atoms with Gasteiger partial charge in [0.05, 0.1) is 11.6 Å². The second kappa shape index (κ2) is 6.31. The van der Waals surface area contributed by atoms with Crippen molar-refractivity contribution in [3.8, 4) is 17.6 Å². The molecule has 0 aliphatic heterocycles. The van der Waals surface area contributed by atoms with Crippen LogP contribution in [0.25, 0.3) is 0 Å². The molecule has 0 aromatic heterocycles. The van der Waals surface area contributed by atoms with Crippen LogP contribution in [0, 0.1) is 17.4 Å². The van der Waals surface area contributed by atoms with Gasteiger partial charge in [-0.2, -0.15) is 5.26 Å². The van der Waals surface area contributed by atoms with Crippen molar-refractivity contribution in [1.29, 1.82) is 5.26 Å². The maximum Gasteiger partial charge on any atom is 0.122 e. The highest BCUT2D eigenvalue weighted by molar-refractivity contribution is 5.34. The largest absolute Gasteiger partial charge is 0.490 e. The summed E-state index contributed by atoms with van der Waals surface area (Å²) in [4.78, 5) is 0. The molecule has 1 radical (unpaired) electrons. The summed E-state index contributed by atoms with van der Waals surface area (Å²) in [6.07, 6.45) is 0. The van der Waals surface area contributed by atoms with Crippen LogP contribution in [0.1, 0.15) is 5.56 Å². The molecule has 89 valence electrons. The Bertz CT molecular complexity index is 514. The third-order valence-electron chi connectivity index (χ3n) is 2.29. The Labute approximate surface area is 106 Å². The molecule has 0 heterocycles. The van der Waals surface area contributed by atoms with Gasteiger partial charge in [0, 0.05) is 0 Å². The summed E-state index contributed by atoms with van der Waals surface area (Å²) in [5.41, 5.74) is 0.624. The topological polar surface area (TPSA) is 42.2 Å². The van der Waals surface area contributed by atoms with E-state index in [9.17, 15) is 0 Å². The van der Waals surface area contributed by atoms with Crippen LogP contribution >= 0.6 is 0 Å². The maximum absolute atomic E-state index is 8.66. The number of nitriles is 1. The first-order valence-electron chi connectivity index (χ1n) is 5.60. The molecule has 0 saturated carbocycles. The van der Waals surface area contributed by atoms with E-state index >= 15 is 0 Å². The number of ether oxygens (including phenoxy) is 2. The minimum absolute atomic E-state index is 0.463. The van der Waals surface area contributed by atoms with Gasteiger partial charge in [-0.05, 0) is 42.5 Å². The zero-order valence-corrected chi connectivity index (χ0v) is 9.80. The Kier molecular flexibility index (Phi) is 4.21. The standard InChI is InChI=1S/C15H12NO2/c16-12-13-6-8-15(9-7-13)18-11-10-17-14-4-2-1-3-5-14/h2-9H,10-11H2. The van der Waals surface area contributed by atoms with Gasteiger partial charge in [-0.15, -0.1) is 0 Å². The highest BCUT2D eigenvalue weighted by atomic mass is 16.5. The first kappa shape index (κ1) is 12.0. The van der Waals surface area contributed by atoms with Crippen LogP contribution in [-0.2, 0) is 0 Å². The molecular weight excluding hydrogens is 226 g/mol. The molecule has 18 heavy (non-hydrogen) atoms. The highest BCUT2D eigenvalue weighted by Gasteiger charge is 1.95. The lowest BCUT2D eigenvalue weighted by molar-refractivity contribution is 0.217. The molecule has 3 nitrogen and oxygen atoms in total. The Balaban J connectivity index is 1.74. The molecule has 0 spiro atoms. The lowest BCUT2D eigenvalue weighted by Gasteiger charge is -2.08. The third kappa shape index (κ3) is 3.53. The number of hydrogen-bond donors (Lipinski definition) is 0. The first-order chi connectivity index (χ1) is 8.88. The number of benzene rings is 2. The van der Waals surface area contributed by atoms with Gasteiger partial charge >= 0.3 is 0 Å². The highest BCUT2D eigenvalue weighted by Crippen LogP contribution is 2.12. The summed E-state index contributed by atoms with van der Waals surface area (Å²) in [6, 6.07) is 19.3. The van der Waals surface area contributed by atoms with Crippen LogP contribution in [0.4, 0.5) is 0 Å². The molecule has 0 N–H and O–H groups in total. The molecule has 2 aromatic carbocycles. The molecule has 0 saturated heterocycles. The van der Waals surface area contributed by atoms with Crippen molar-refractivity contribution >= 4 is 0 Å². The molecule has 0 aliphatic carbocycles. The molecule has 2 rings (SSSR count). The van der Waals surface area contributed by atoms with Gasteiger partial charge in [-0.1, -0.05) is 12.1 Å². The first-order valence-corrected chi connectivity index (χ1v) is 5.60. The Morgan fingerprint density at radius 1 is 0.889 bits per heavy atom. The smallest absolute Gasteiger partial charge is 0.122 e. The minimum atomic E-state index is 0.463. The van der Waals surface area contributed by atoms with Crippen LogP contribution < -0.4 is 9.47 Å². The van der Waals surface area contributed by atoms with Crippen LogP contribution in [-0.4, -0.2) is 13.2 Å². The lowest BCUT2D eigenvalue weighted by atomic mass is 10.2. The second-order valence-electron chi connectivity index (χ2n) is 3.57. The molecule has 2 aromatic rings. The van der Waals surface area contributed by atoms with Gasteiger partial charge in [0.25, 0.3) is 0 Å². The van der Waals surface area contributed by atoms with E-state index in [-0.39, 0.29) is 0 Å². The maximum atomic E-state index is 8.66. The van der Waals surface area contributed by atoms with Crippen LogP contribution in [0.3, 0.4) is 0 Å². The van der Waals surface area contributed by atoms with E-state index in [1.807, 2.05) is 12.1 Å². The Morgan fingerprint density at radius 3 is 2.00 bits per heavy atom. The van der Waals surface area contributed by atoms with E-state index in [0.29, 0.717) is 18.8 Å². The average molecular weight is 238 g/mol. The minimum Gasteiger partial charge on any atom is -0.490 e. The third-order valence-corrected chi connectivity index (χ3v) is 2.29. The van der Waals surface area contributed by atoms with Crippen molar-refractivity contribution in [2.24, 2.45) is 0 Å². The molecule has 0 atom stereocenters. The zero-order chi connectivity index (χ0) is 12.6. The van der Waals surface area contributed by atoms with Gasteiger partial charge in [0.2, 0.25) is 0 Å². The molecule has 0 aliphatic rings. The second-order valence-corrected chi connectivity index (χ2v) is 3.57. The van der Waals surface area contributed by atoms with E-state index in [2.05, 4.69) is 12.1 Å². The van der Waals surface area contributed by atoms with Crippen molar-refractivity contribution in [2.45, 2.75) is 0 Å².